The molecule has 4 heteroatoms. The molecular weight excluding hydrogens is 260 g/mol. The number of nitrogens with one attached hydrogen (secondary N) is 2. The van der Waals surface area contributed by atoms with Gasteiger partial charge >= 0.3 is 0 Å². The Morgan fingerprint density at radius 3 is 2.50 bits per heavy atom. The average Bonchev–Trinajstić information content (AvgIpc) is 2.10. The average molecular weight is 273 g/mol. The van der Waals surface area contributed by atoms with Gasteiger partial charge in [0.15, 0.2) is 5.11 Å². The highest BCUT2D eigenvalue weighted by Gasteiger charge is 2.05. The van der Waals surface area contributed by atoms with Crippen LogP contribution in [0.5, 0.6) is 0 Å². The summed E-state index contributed by atoms with van der Waals surface area (Å²) < 4.78 is 1.03. The molecule has 2 N–H and O–H groups in total. The summed E-state index contributed by atoms with van der Waals surface area (Å²) in [7, 11) is 1.80. The summed E-state index contributed by atoms with van der Waals surface area (Å²) in [6, 6.07) is 4.18. The van der Waals surface area contributed by atoms with E-state index in [4.69, 9.17) is 12.2 Å². The van der Waals surface area contributed by atoms with Gasteiger partial charge in [0, 0.05) is 11.5 Å². The fourth-order valence-corrected chi connectivity index (χ4v) is 2.13. The summed E-state index contributed by atoms with van der Waals surface area (Å²) in [5.41, 5.74) is 3.43. The summed E-state index contributed by atoms with van der Waals surface area (Å²) in [4.78, 5) is 0. The van der Waals surface area contributed by atoms with E-state index in [1.807, 2.05) is 0 Å². The number of aryl methyl sites for hydroxylation is 2. The molecule has 0 radical (unpaired) electrons. The molecule has 0 saturated carbocycles. The number of benzene rings is 1. The smallest absolute Gasteiger partial charge is 0.170 e. The summed E-state index contributed by atoms with van der Waals surface area (Å²) >= 11 is 8.55. The molecular formula is C10H13BrN2S. The third kappa shape index (κ3) is 2.69. The minimum Gasteiger partial charge on any atom is -0.366 e. The zero-order valence-electron chi connectivity index (χ0n) is 8.44. The number of hydrogen-bond acceptors (Lipinski definition) is 1. The molecule has 0 spiro atoms. The Bertz CT molecular complexity index is 340. The first-order valence-corrected chi connectivity index (χ1v) is 5.50. The largest absolute Gasteiger partial charge is 0.366 e. The predicted molar refractivity (Wildman–Crippen MR) is 68.9 cm³/mol. The second kappa shape index (κ2) is 4.75. The quantitative estimate of drug-likeness (QED) is 0.769. The van der Waals surface area contributed by atoms with Gasteiger partial charge in [-0.25, -0.2) is 0 Å². The molecule has 1 rings (SSSR count). The van der Waals surface area contributed by atoms with Gasteiger partial charge in [-0.05, 0) is 59.2 Å². The number of thiocarbonyl (C=S) groups is 1. The molecule has 2 nitrogen and oxygen atoms in total. The molecule has 14 heavy (non-hydrogen) atoms. The molecule has 0 bridgehead atoms. The zero-order valence-corrected chi connectivity index (χ0v) is 10.8. The number of halogens is 1. The lowest BCUT2D eigenvalue weighted by Crippen LogP contribution is -2.24. The Morgan fingerprint density at radius 1 is 1.36 bits per heavy atom. The summed E-state index contributed by atoms with van der Waals surface area (Å²) in [6.45, 7) is 4.12. The van der Waals surface area contributed by atoms with Crippen LogP contribution in [0.3, 0.4) is 0 Å². The lowest BCUT2D eigenvalue weighted by molar-refractivity contribution is 1.19. The molecule has 1 aromatic carbocycles. The lowest BCUT2D eigenvalue weighted by Gasteiger charge is -2.12. The molecule has 0 heterocycles. The highest BCUT2D eigenvalue weighted by atomic mass is 79.9. The Balaban J connectivity index is 3.02. The van der Waals surface area contributed by atoms with Gasteiger partial charge in [0.25, 0.3) is 0 Å². The van der Waals surface area contributed by atoms with Gasteiger partial charge in [-0.2, -0.15) is 0 Å². The summed E-state index contributed by atoms with van der Waals surface area (Å²) in [5, 5.41) is 6.63. The van der Waals surface area contributed by atoms with E-state index < -0.39 is 0 Å². The van der Waals surface area contributed by atoms with E-state index in [1.165, 1.54) is 11.1 Å². The third-order valence-electron chi connectivity index (χ3n) is 1.90. The fourth-order valence-electron chi connectivity index (χ4n) is 1.25. The van der Waals surface area contributed by atoms with Crippen molar-refractivity contribution in [3.05, 3.63) is 27.7 Å². The van der Waals surface area contributed by atoms with E-state index in [-0.39, 0.29) is 0 Å². The van der Waals surface area contributed by atoms with Crippen LogP contribution in [0, 0.1) is 13.8 Å². The molecule has 0 atom stereocenters. The van der Waals surface area contributed by atoms with Crippen molar-refractivity contribution in [3.63, 3.8) is 0 Å². The molecule has 0 aliphatic rings. The Morgan fingerprint density at radius 2 is 2.00 bits per heavy atom. The van der Waals surface area contributed by atoms with Gasteiger partial charge in [0.05, 0.1) is 5.69 Å². The molecule has 0 aromatic heterocycles. The van der Waals surface area contributed by atoms with Crippen molar-refractivity contribution in [2.75, 3.05) is 12.4 Å². The van der Waals surface area contributed by atoms with Crippen LogP contribution in [0.1, 0.15) is 11.1 Å². The van der Waals surface area contributed by atoms with Crippen LogP contribution in [-0.2, 0) is 0 Å². The minimum atomic E-state index is 0.623. The van der Waals surface area contributed by atoms with Crippen LogP contribution in [-0.4, -0.2) is 12.2 Å². The van der Waals surface area contributed by atoms with E-state index in [9.17, 15) is 0 Å². The minimum absolute atomic E-state index is 0.623. The monoisotopic (exact) mass is 272 g/mol. The number of anilines is 1. The van der Waals surface area contributed by atoms with Crippen LogP contribution in [0.15, 0.2) is 16.6 Å². The van der Waals surface area contributed by atoms with E-state index >= 15 is 0 Å². The Hall–Kier alpha value is -0.610. The second-order valence-electron chi connectivity index (χ2n) is 3.14. The normalized spacial score (nSPS) is 9.71. The number of hydrogen-bond donors (Lipinski definition) is 2. The van der Waals surface area contributed by atoms with Crippen molar-refractivity contribution in [1.29, 1.82) is 0 Å². The van der Waals surface area contributed by atoms with E-state index in [0.29, 0.717) is 5.11 Å². The van der Waals surface area contributed by atoms with Gasteiger partial charge in [-0.1, -0.05) is 6.07 Å². The summed E-state index contributed by atoms with van der Waals surface area (Å²) in [6.07, 6.45) is 0. The highest BCUT2D eigenvalue weighted by Crippen LogP contribution is 2.27. The van der Waals surface area contributed by atoms with Crippen molar-refractivity contribution in [1.82, 2.24) is 5.32 Å². The molecule has 0 unspecified atom stereocenters. The Labute approximate surface area is 98.2 Å². The maximum Gasteiger partial charge on any atom is 0.170 e. The van der Waals surface area contributed by atoms with Crippen LogP contribution in [0.25, 0.3) is 0 Å². The van der Waals surface area contributed by atoms with Gasteiger partial charge in [0.2, 0.25) is 0 Å². The van der Waals surface area contributed by atoms with Gasteiger partial charge in [-0.3, -0.25) is 0 Å². The van der Waals surface area contributed by atoms with Gasteiger partial charge < -0.3 is 10.6 Å². The maximum atomic E-state index is 5.05. The molecule has 1 aromatic rings. The van der Waals surface area contributed by atoms with E-state index in [1.54, 1.807) is 7.05 Å². The van der Waals surface area contributed by atoms with Crippen LogP contribution in [0.2, 0.25) is 0 Å². The molecule has 0 fully saturated rings. The third-order valence-corrected chi connectivity index (χ3v) is 2.83. The maximum absolute atomic E-state index is 5.05. The van der Waals surface area contributed by atoms with Crippen molar-refractivity contribution < 1.29 is 0 Å². The lowest BCUT2D eigenvalue weighted by atomic mass is 10.1. The zero-order chi connectivity index (χ0) is 10.7. The predicted octanol–water partition coefficient (Wildman–Crippen LogP) is 2.98. The summed E-state index contributed by atoms with van der Waals surface area (Å²) in [5.74, 6) is 0. The topological polar surface area (TPSA) is 24.1 Å². The van der Waals surface area contributed by atoms with Gasteiger partial charge in [0.1, 0.15) is 0 Å². The molecule has 0 aliphatic heterocycles. The van der Waals surface area contributed by atoms with Crippen LogP contribution < -0.4 is 10.6 Å². The fraction of sp³-hybridized carbons (Fsp3) is 0.300. The van der Waals surface area contributed by atoms with Crippen LogP contribution >= 0.6 is 28.1 Å². The molecule has 0 aliphatic carbocycles. The first kappa shape index (κ1) is 11.5. The van der Waals surface area contributed by atoms with Crippen molar-refractivity contribution >= 4 is 38.9 Å². The van der Waals surface area contributed by atoms with Crippen LogP contribution in [0.4, 0.5) is 5.69 Å². The van der Waals surface area contributed by atoms with Crippen molar-refractivity contribution in [2.45, 2.75) is 13.8 Å². The molecule has 0 amide bonds. The molecule has 0 saturated heterocycles. The Kier molecular flexibility index (Phi) is 3.89. The molecule has 76 valence electrons. The van der Waals surface area contributed by atoms with E-state index in [0.717, 1.165) is 10.2 Å². The highest BCUT2D eigenvalue weighted by molar-refractivity contribution is 9.10. The first-order valence-electron chi connectivity index (χ1n) is 4.30. The van der Waals surface area contributed by atoms with Crippen molar-refractivity contribution in [2.24, 2.45) is 0 Å². The second-order valence-corrected chi connectivity index (χ2v) is 4.41. The van der Waals surface area contributed by atoms with E-state index in [2.05, 4.69) is 52.5 Å². The standard InChI is InChI=1S/C10H13BrN2S/c1-6-4-7(2)9(8(11)5-6)13-10(14)12-3/h4-5H,1-3H3,(H2,12,13,14). The van der Waals surface area contributed by atoms with Crippen molar-refractivity contribution in [3.8, 4) is 0 Å². The number of rotatable bonds is 1. The first-order chi connectivity index (χ1) is 6.54. The SMILES string of the molecule is CNC(=S)Nc1c(C)cc(C)cc1Br. The van der Waals surface area contributed by atoms with Gasteiger partial charge in [-0.15, -0.1) is 0 Å².